The minimum atomic E-state index is -0.658. The summed E-state index contributed by atoms with van der Waals surface area (Å²) in [4.78, 5) is 13.3. The number of nitrogens with zero attached hydrogens (tertiary/aromatic N) is 1. The molecule has 1 heterocycles. The molecule has 0 amide bonds. The molecule has 1 aliphatic heterocycles. The third kappa shape index (κ3) is 3.96. The smallest absolute Gasteiger partial charge is 0.307 e. The number of hydrogen-bond acceptors (Lipinski definition) is 3. The summed E-state index contributed by atoms with van der Waals surface area (Å²) in [6, 6.07) is 8.06. The minimum Gasteiger partial charge on any atom is -0.497 e. The van der Waals surface area contributed by atoms with Crippen LogP contribution in [-0.2, 0) is 11.2 Å². The number of hydrogen-bond donors (Lipinski definition) is 1. The lowest BCUT2D eigenvalue weighted by Crippen LogP contribution is -2.39. The molecule has 1 aliphatic rings. The SMILES string of the molecule is COc1ccc(CCN2CCCC(C(=O)O)C2)cc1. The fourth-order valence-electron chi connectivity index (χ4n) is 2.54. The second kappa shape index (κ2) is 6.57. The van der Waals surface area contributed by atoms with Crippen LogP contribution in [0.1, 0.15) is 18.4 Å². The van der Waals surface area contributed by atoms with Crippen LogP contribution in [-0.4, -0.2) is 42.7 Å². The molecule has 1 saturated heterocycles. The first-order valence-corrected chi connectivity index (χ1v) is 6.77. The Morgan fingerprint density at radius 2 is 2.16 bits per heavy atom. The molecule has 4 heteroatoms. The summed E-state index contributed by atoms with van der Waals surface area (Å²) in [5, 5.41) is 9.06. The number of piperidine rings is 1. The zero-order valence-electron chi connectivity index (χ0n) is 11.3. The van der Waals surface area contributed by atoms with Gasteiger partial charge in [0.05, 0.1) is 13.0 Å². The third-order valence-electron chi connectivity index (χ3n) is 3.73. The van der Waals surface area contributed by atoms with Crippen molar-refractivity contribution in [1.82, 2.24) is 4.90 Å². The highest BCUT2D eigenvalue weighted by Crippen LogP contribution is 2.17. The van der Waals surface area contributed by atoms with E-state index in [0.29, 0.717) is 6.54 Å². The zero-order valence-corrected chi connectivity index (χ0v) is 11.3. The van der Waals surface area contributed by atoms with Gasteiger partial charge in [0, 0.05) is 13.1 Å². The molecule has 0 aliphatic carbocycles. The summed E-state index contributed by atoms with van der Waals surface area (Å²) in [5.74, 6) is 0.0198. The molecule has 1 fully saturated rings. The number of likely N-dealkylation sites (tertiary alicyclic amines) is 1. The molecule has 1 unspecified atom stereocenters. The van der Waals surface area contributed by atoms with Crippen molar-refractivity contribution >= 4 is 5.97 Å². The van der Waals surface area contributed by atoms with E-state index in [0.717, 1.165) is 38.1 Å². The molecule has 0 radical (unpaired) electrons. The van der Waals surface area contributed by atoms with E-state index in [2.05, 4.69) is 17.0 Å². The van der Waals surface area contributed by atoms with E-state index in [1.165, 1.54) is 5.56 Å². The number of carboxylic acid groups (broad SMARTS) is 1. The first kappa shape index (κ1) is 13.9. The van der Waals surface area contributed by atoms with Crippen LogP contribution < -0.4 is 4.74 Å². The van der Waals surface area contributed by atoms with Crippen LogP contribution in [0.25, 0.3) is 0 Å². The van der Waals surface area contributed by atoms with Gasteiger partial charge < -0.3 is 14.7 Å². The lowest BCUT2D eigenvalue weighted by Gasteiger charge is -2.30. The van der Waals surface area contributed by atoms with E-state index >= 15 is 0 Å². The second-order valence-corrected chi connectivity index (χ2v) is 5.08. The van der Waals surface area contributed by atoms with Crippen molar-refractivity contribution in [3.05, 3.63) is 29.8 Å². The normalized spacial score (nSPS) is 20.2. The molecule has 1 N–H and O–H groups in total. The minimum absolute atomic E-state index is 0.190. The van der Waals surface area contributed by atoms with Gasteiger partial charge in [-0.2, -0.15) is 0 Å². The van der Waals surface area contributed by atoms with Gasteiger partial charge in [-0.15, -0.1) is 0 Å². The Balaban J connectivity index is 1.82. The highest BCUT2D eigenvalue weighted by atomic mass is 16.5. The molecule has 1 atom stereocenters. The third-order valence-corrected chi connectivity index (χ3v) is 3.73. The first-order valence-electron chi connectivity index (χ1n) is 6.77. The molecule has 0 aromatic heterocycles. The lowest BCUT2D eigenvalue weighted by molar-refractivity contribution is -0.143. The summed E-state index contributed by atoms with van der Waals surface area (Å²) in [5.41, 5.74) is 1.26. The van der Waals surface area contributed by atoms with Gasteiger partial charge in [-0.1, -0.05) is 12.1 Å². The van der Waals surface area contributed by atoms with Crippen LogP contribution in [0.5, 0.6) is 5.75 Å². The van der Waals surface area contributed by atoms with Gasteiger partial charge in [0.1, 0.15) is 5.75 Å². The van der Waals surface area contributed by atoms with Gasteiger partial charge in [0.2, 0.25) is 0 Å². The Morgan fingerprint density at radius 1 is 1.42 bits per heavy atom. The fourth-order valence-corrected chi connectivity index (χ4v) is 2.54. The maximum absolute atomic E-state index is 11.0. The maximum Gasteiger partial charge on any atom is 0.307 e. The molecule has 4 nitrogen and oxygen atoms in total. The monoisotopic (exact) mass is 263 g/mol. The Hall–Kier alpha value is -1.55. The predicted molar refractivity (Wildman–Crippen MR) is 73.5 cm³/mol. The fraction of sp³-hybridized carbons (Fsp3) is 0.533. The molecule has 0 saturated carbocycles. The number of rotatable bonds is 5. The average Bonchev–Trinajstić information content (AvgIpc) is 2.46. The second-order valence-electron chi connectivity index (χ2n) is 5.08. The predicted octanol–water partition coefficient (Wildman–Crippen LogP) is 2.03. The zero-order chi connectivity index (χ0) is 13.7. The Labute approximate surface area is 114 Å². The van der Waals surface area contributed by atoms with Gasteiger partial charge in [-0.3, -0.25) is 4.79 Å². The molecule has 1 aromatic carbocycles. The standard InChI is InChI=1S/C15H21NO3/c1-19-14-6-4-12(5-7-14)8-10-16-9-2-3-13(11-16)15(17)18/h4-7,13H,2-3,8-11H2,1H3,(H,17,18). The van der Waals surface area contributed by atoms with Gasteiger partial charge in [0.25, 0.3) is 0 Å². The molecule has 2 rings (SSSR count). The van der Waals surface area contributed by atoms with Gasteiger partial charge in [-0.05, 0) is 43.5 Å². The summed E-state index contributed by atoms with van der Waals surface area (Å²) in [6.07, 6.45) is 2.75. The lowest BCUT2D eigenvalue weighted by atomic mass is 9.98. The van der Waals surface area contributed by atoms with Crippen molar-refractivity contribution in [3.8, 4) is 5.75 Å². The summed E-state index contributed by atoms with van der Waals surface area (Å²) in [6.45, 7) is 2.63. The van der Waals surface area contributed by atoms with Crippen LogP contribution in [0, 0.1) is 5.92 Å². The number of ether oxygens (including phenoxy) is 1. The van der Waals surface area contributed by atoms with Crippen LogP contribution in [0.15, 0.2) is 24.3 Å². The van der Waals surface area contributed by atoms with E-state index < -0.39 is 5.97 Å². The molecular weight excluding hydrogens is 242 g/mol. The molecular formula is C15H21NO3. The van der Waals surface area contributed by atoms with Gasteiger partial charge >= 0.3 is 5.97 Å². The van der Waals surface area contributed by atoms with Crippen LogP contribution in [0.2, 0.25) is 0 Å². The van der Waals surface area contributed by atoms with Crippen LogP contribution >= 0.6 is 0 Å². The Kier molecular flexibility index (Phi) is 4.80. The highest BCUT2D eigenvalue weighted by Gasteiger charge is 2.24. The van der Waals surface area contributed by atoms with E-state index in [1.54, 1.807) is 7.11 Å². The van der Waals surface area contributed by atoms with Gasteiger partial charge in [-0.25, -0.2) is 0 Å². The number of benzene rings is 1. The van der Waals surface area contributed by atoms with Crippen molar-refractivity contribution in [3.63, 3.8) is 0 Å². The van der Waals surface area contributed by atoms with Gasteiger partial charge in [0.15, 0.2) is 0 Å². The molecule has 0 bridgehead atoms. The largest absolute Gasteiger partial charge is 0.497 e. The summed E-state index contributed by atoms with van der Waals surface area (Å²) >= 11 is 0. The molecule has 104 valence electrons. The molecule has 0 spiro atoms. The molecule has 1 aromatic rings. The Bertz CT molecular complexity index is 416. The van der Waals surface area contributed by atoms with E-state index in [-0.39, 0.29) is 5.92 Å². The summed E-state index contributed by atoms with van der Waals surface area (Å²) in [7, 11) is 1.66. The Morgan fingerprint density at radius 3 is 2.79 bits per heavy atom. The topological polar surface area (TPSA) is 49.8 Å². The number of carboxylic acids is 1. The van der Waals surface area contributed by atoms with E-state index in [4.69, 9.17) is 9.84 Å². The van der Waals surface area contributed by atoms with Crippen molar-refractivity contribution in [2.24, 2.45) is 5.92 Å². The van der Waals surface area contributed by atoms with Crippen molar-refractivity contribution in [1.29, 1.82) is 0 Å². The van der Waals surface area contributed by atoms with Crippen molar-refractivity contribution < 1.29 is 14.6 Å². The number of methoxy groups -OCH3 is 1. The summed E-state index contributed by atoms with van der Waals surface area (Å²) < 4.78 is 5.13. The van der Waals surface area contributed by atoms with E-state index in [9.17, 15) is 4.79 Å². The van der Waals surface area contributed by atoms with Crippen molar-refractivity contribution in [2.45, 2.75) is 19.3 Å². The van der Waals surface area contributed by atoms with Crippen molar-refractivity contribution in [2.75, 3.05) is 26.7 Å². The first-order chi connectivity index (χ1) is 9.19. The maximum atomic E-state index is 11.0. The molecule has 19 heavy (non-hydrogen) atoms. The number of carbonyl (C=O) groups is 1. The average molecular weight is 263 g/mol. The quantitative estimate of drug-likeness (QED) is 0.883. The highest BCUT2D eigenvalue weighted by molar-refractivity contribution is 5.70. The van der Waals surface area contributed by atoms with Crippen LogP contribution in [0.3, 0.4) is 0 Å². The number of aliphatic carboxylic acids is 1. The van der Waals surface area contributed by atoms with Crippen LogP contribution in [0.4, 0.5) is 0 Å². The van der Waals surface area contributed by atoms with E-state index in [1.807, 2.05) is 12.1 Å².